The number of ether oxygens (including phenoxy) is 1. The minimum atomic E-state index is -1.10. The first kappa shape index (κ1) is 18.4. The Kier molecular flexibility index (Phi) is 6.19. The van der Waals surface area contributed by atoms with E-state index in [-0.39, 0.29) is 6.09 Å². The van der Waals surface area contributed by atoms with Crippen LogP contribution in [0.25, 0.3) is 0 Å². The second kappa shape index (κ2) is 7.75. The van der Waals surface area contributed by atoms with Gasteiger partial charge in [-0.15, -0.1) is 0 Å². The van der Waals surface area contributed by atoms with E-state index < -0.39 is 16.4 Å². The van der Waals surface area contributed by atoms with E-state index in [1.807, 2.05) is 32.9 Å². The summed E-state index contributed by atoms with van der Waals surface area (Å²) in [7, 11) is -1.10. The molecule has 2 rings (SSSR count). The van der Waals surface area contributed by atoms with Crippen LogP contribution in [0, 0.1) is 5.92 Å². The topological polar surface area (TPSA) is 59.5 Å². The maximum Gasteiger partial charge on any atom is 0.410 e. The van der Waals surface area contributed by atoms with Crippen LogP contribution in [0.4, 0.5) is 4.79 Å². The van der Waals surface area contributed by atoms with Crippen molar-refractivity contribution in [3.8, 4) is 0 Å². The molecule has 0 bridgehead atoms. The van der Waals surface area contributed by atoms with E-state index in [1.54, 1.807) is 11.0 Å². The fourth-order valence-corrected chi connectivity index (χ4v) is 4.25. The molecule has 0 aromatic carbocycles. The summed E-state index contributed by atoms with van der Waals surface area (Å²) < 4.78 is 18.5. The van der Waals surface area contributed by atoms with E-state index in [0.717, 1.165) is 12.8 Å². The second-order valence-corrected chi connectivity index (χ2v) is 8.98. The van der Waals surface area contributed by atoms with Gasteiger partial charge in [0.05, 0.1) is 10.8 Å². The smallest absolute Gasteiger partial charge is 0.410 e. The largest absolute Gasteiger partial charge is 0.444 e. The lowest BCUT2D eigenvalue weighted by atomic mass is 9.99. The van der Waals surface area contributed by atoms with Crippen molar-refractivity contribution in [2.45, 2.75) is 44.2 Å². The molecule has 1 aromatic rings. The van der Waals surface area contributed by atoms with Gasteiger partial charge in [-0.2, -0.15) is 0 Å². The van der Waals surface area contributed by atoms with Crippen molar-refractivity contribution in [1.29, 1.82) is 0 Å². The van der Waals surface area contributed by atoms with E-state index >= 15 is 0 Å². The number of hydrogen-bond acceptors (Lipinski definition) is 4. The highest BCUT2D eigenvalue weighted by Crippen LogP contribution is 2.22. The van der Waals surface area contributed by atoms with E-state index in [0.29, 0.717) is 34.4 Å². The number of likely N-dealkylation sites (tertiary alicyclic amines) is 1. The fourth-order valence-electron chi connectivity index (χ4n) is 2.42. The molecule has 1 aromatic heterocycles. The Morgan fingerprint density at radius 2 is 2.04 bits per heavy atom. The summed E-state index contributed by atoms with van der Waals surface area (Å²) >= 11 is 3.30. The Morgan fingerprint density at radius 1 is 1.39 bits per heavy atom. The van der Waals surface area contributed by atoms with Gasteiger partial charge in [-0.25, -0.2) is 9.78 Å². The number of halogens is 1. The molecule has 23 heavy (non-hydrogen) atoms. The molecule has 1 fully saturated rings. The molecule has 0 spiro atoms. The molecule has 1 amide bonds. The summed E-state index contributed by atoms with van der Waals surface area (Å²) in [6, 6.07) is 5.45. The monoisotopic (exact) mass is 402 g/mol. The lowest BCUT2D eigenvalue weighted by molar-refractivity contribution is 0.0191. The summed E-state index contributed by atoms with van der Waals surface area (Å²) in [5, 5.41) is 0.606. The quantitative estimate of drug-likeness (QED) is 0.724. The van der Waals surface area contributed by atoms with Crippen molar-refractivity contribution in [1.82, 2.24) is 9.88 Å². The van der Waals surface area contributed by atoms with Gasteiger partial charge in [-0.3, -0.25) is 4.21 Å². The van der Waals surface area contributed by atoms with Gasteiger partial charge in [0, 0.05) is 18.8 Å². The zero-order valence-corrected chi connectivity index (χ0v) is 16.2. The lowest BCUT2D eigenvalue weighted by Gasteiger charge is -2.33. The molecule has 0 aliphatic carbocycles. The molecule has 2 heterocycles. The molecular weight excluding hydrogens is 380 g/mol. The average molecular weight is 403 g/mol. The van der Waals surface area contributed by atoms with Crippen LogP contribution in [0.1, 0.15) is 33.6 Å². The number of carbonyl (C=O) groups is 1. The highest BCUT2D eigenvalue weighted by Gasteiger charge is 2.27. The van der Waals surface area contributed by atoms with Gasteiger partial charge in [-0.1, -0.05) is 6.07 Å². The number of pyridine rings is 1. The Balaban J connectivity index is 1.83. The van der Waals surface area contributed by atoms with Crippen LogP contribution < -0.4 is 0 Å². The first-order chi connectivity index (χ1) is 10.7. The molecule has 1 unspecified atom stereocenters. The van der Waals surface area contributed by atoms with Crippen LogP contribution >= 0.6 is 15.9 Å². The molecule has 0 radical (unpaired) electrons. The van der Waals surface area contributed by atoms with Crippen LogP contribution in [0.2, 0.25) is 0 Å². The van der Waals surface area contributed by atoms with Gasteiger partial charge in [-0.05, 0) is 67.6 Å². The number of aromatic nitrogens is 1. The summed E-state index contributed by atoms with van der Waals surface area (Å²) in [5.74, 6) is 0.932. The standard InChI is InChI=1S/C16H23BrN2O3S/c1-16(2,3)22-15(20)19-9-7-12(8-10-19)11-23(21)14-6-4-5-13(17)18-14/h4-6,12H,7-11H2,1-3H3. The highest BCUT2D eigenvalue weighted by atomic mass is 79.9. The molecule has 1 aliphatic heterocycles. The highest BCUT2D eigenvalue weighted by molar-refractivity contribution is 9.10. The molecule has 1 saturated heterocycles. The van der Waals surface area contributed by atoms with Crippen molar-refractivity contribution in [3.05, 3.63) is 22.8 Å². The first-order valence-corrected chi connectivity index (χ1v) is 9.84. The molecule has 0 N–H and O–H groups in total. The van der Waals surface area contributed by atoms with Gasteiger partial charge < -0.3 is 9.64 Å². The van der Waals surface area contributed by atoms with E-state index in [4.69, 9.17) is 4.74 Å². The predicted molar refractivity (Wildman–Crippen MR) is 93.7 cm³/mol. The minimum absolute atomic E-state index is 0.259. The van der Waals surface area contributed by atoms with Crippen molar-refractivity contribution >= 4 is 32.8 Å². The number of hydrogen-bond donors (Lipinski definition) is 0. The Morgan fingerprint density at radius 3 is 2.61 bits per heavy atom. The van der Waals surface area contributed by atoms with E-state index in [9.17, 15) is 9.00 Å². The predicted octanol–water partition coefficient (Wildman–Crippen LogP) is 3.60. The second-order valence-electron chi connectivity index (χ2n) is 6.72. The van der Waals surface area contributed by atoms with Crippen molar-refractivity contribution < 1.29 is 13.7 Å². The normalized spacial score (nSPS) is 17.8. The van der Waals surface area contributed by atoms with Crippen molar-refractivity contribution in [2.24, 2.45) is 5.92 Å². The lowest BCUT2D eigenvalue weighted by Crippen LogP contribution is -2.42. The van der Waals surface area contributed by atoms with E-state index in [1.165, 1.54) is 0 Å². The van der Waals surface area contributed by atoms with Crippen LogP contribution in [0.15, 0.2) is 27.8 Å². The number of nitrogens with zero attached hydrogens (tertiary/aromatic N) is 2. The number of rotatable bonds is 3. The third-order valence-corrected chi connectivity index (χ3v) is 5.49. The van der Waals surface area contributed by atoms with Gasteiger partial charge in [0.2, 0.25) is 0 Å². The Labute approximate surface area is 148 Å². The average Bonchev–Trinajstić information content (AvgIpc) is 2.46. The molecule has 1 atom stereocenters. The van der Waals surface area contributed by atoms with Crippen LogP contribution in [0.5, 0.6) is 0 Å². The maximum atomic E-state index is 12.4. The number of piperidine rings is 1. The van der Waals surface area contributed by atoms with Crippen LogP contribution in [-0.4, -0.2) is 44.6 Å². The third kappa shape index (κ3) is 5.88. The summed E-state index contributed by atoms with van der Waals surface area (Å²) in [6.45, 7) is 6.91. The van der Waals surface area contributed by atoms with Gasteiger partial charge in [0.15, 0.2) is 0 Å². The zero-order chi connectivity index (χ0) is 17.0. The molecule has 0 saturated carbocycles. The molecular formula is C16H23BrN2O3S. The Bertz CT molecular complexity index is 581. The van der Waals surface area contributed by atoms with Crippen molar-refractivity contribution in [3.63, 3.8) is 0 Å². The number of carbonyl (C=O) groups excluding carboxylic acids is 1. The molecule has 5 nitrogen and oxygen atoms in total. The van der Waals surface area contributed by atoms with Gasteiger partial charge >= 0.3 is 6.09 Å². The summed E-state index contributed by atoms with van der Waals surface area (Å²) in [5.41, 5.74) is -0.470. The molecule has 1 aliphatic rings. The Hall–Kier alpha value is -0.950. The van der Waals surface area contributed by atoms with Crippen LogP contribution in [-0.2, 0) is 15.5 Å². The maximum absolute atomic E-state index is 12.4. The minimum Gasteiger partial charge on any atom is -0.444 e. The van der Waals surface area contributed by atoms with Crippen molar-refractivity contribution in [2.75, 3.05) is 18.8 Å². The molecule has 128 valence electrons. The SMILES string of the molecule is CC(C)(C)OC(=O)N1CCC(CS(=O)c2cccc(Br)n2)CC1. The fraction of sp³-hybridized carbons (Fsp3) is 0.625. The van der Waals surface area contributed by atoms with E-state index in [2.05, 4.69) is 20.9 Å². The summed E-state index contributed by atoms with van der Waals surface area (Å²) in [4.78, 5) is 18.0. The van der Waals surface area contributed by atoms with Gasteiger partial charge in [0.1, 0.15) is 15.2 Å². The first-order valence-electron chi connectivity index (χ1n) is 7.73. The van der Waals surface area contributed by atoms with Gasteiger partial charge in [0.25, 0.3) is 0 Å². The van der Waals surface area contributed by atoms with Crippen LogP contribution in [0.3, 0.4) is 0 Å². The molecule has 7 heteroatoms. The zero-order valence-electron chi connectivity index (χ0n) is 13.8. The number of amides is 1. The third-order valence-electron chi connectivity index (χ3n) is 3.58. The summed E-state index contributed by atoms with van der Waals surface area (Å²) in [6.07, 6.45) is 1.43.